The molecule has 1 amide bonds. The van der Waals surface area contributed by atoms with Crippen LogP contribution < -0.4 is 10.9 Å². The van der Waals surface area contributed by atoms with E-state index in [0.29, 0.717) is 12.3 Å². The predicted octanol–water partition coefficient (Wildman–Crippen LogP) is -0.961. The van der Waals surface area contributed by atoms with Gasteiger partial charge in [-0.2, -0.15) is 0 Å². The number of hydrogen-bond donors (Lipinski definition) is 2. The van der Waals surface area contributed by atoms with Crippen molar-refractivity contribution in [3.63, 3.8) is 0 Å². The molecule has 0 unspecified atom stereocenters. The molecule has 1 fully saturated rings. The lowest BCUT2D eigenvalue weighted by molar-refractivity contribution is -0.119. The summed E-state index contributed by atoms with van der Waals surface area (Å²) in [6.07, 6.45) is 0.385. The number of nitrogens with zero attached hydrogens (tertiary/aromatic N) is 1. The van der Waals surface area contributed by atoms with Gasteiger partial charge in [-0.25, -0.2) is 0 Å². The highest BCUT2D eigenvalue weighted by molar-refractivity contribution is 6.04. The molecule has 0 bridgehead atoms. The highest BCUT2D eigenvalue weighted by Gasteiger charge is 2.12. The van der Waals surface area contributed by atoms with Gasteiger partial charge in [0.2, 0.25) is 5.91 Å². The number of carbonyl (C=O) groups is 1. The van der Waals surface area contributed by atoms with Crippen LogP contribution in [0.3, 0.4) is 0 Å². The molecule has 2 N–H and O–H groups in total. The number of rotatable bonds is 0. The quantitative estimate of drug-likeness (QED) is 0.425. The van der Waals surface area contributed by atoms with Crippen LogP contribution in [0.4, 0.5) is 0 Å². The summed E-state index contributed by atoms with van der Waals surface area (Å²) in [5.74, 6) is 0.681. The second kappa shape index (κ2) is 1.81. The molecule has 1 aliphatic rings. The Morgan fingerprint density at radius 2 is 2.38 bits per heavy atom. The third-order valence-corrected chi connectivity index (χ3v) is 0.944. The Hall–Kier alpha value is -1.06. The van der Waals surface area contributed by atoms with E-state index in [9.17, 15) is 4.79 Å². The van der Waals surface area contributed by atoms with Crippen LogP contribution in [0, 0.1) is 0 Å². The molecule has 1 saturated heterocycles. The zero-order chi connectivity index (χ0) is 5.98. The molecule has 44 valence electrons. The zero-order valence-electron chi connectivity index (χ0n) is 4.56. The van der Waals surface area contributed by atoms with E-state index in [1.54, 1.807) is 7.05 Å². The molecule has 8 heavy (non-hydrogen) atoms. The van der Waals surface area contributed by atoms with Gasteiger partial charge in [-0.3, -0.25) is 20.6 Å². The number of carbonyl (C=O) groups excluding carboxylic acids is 1. The lowest BCUT2D eigenvalue weighted by atomic mass is 10.4. The lowest BCUT2D eigenvalue weighted by Crippen LogP contribution is -2.28. The highest BCUT2D eigenvalue weighted by atomic mass is 16.2. The number of hydrazine groups is 1. The largest absolute Gasteiger partial charge is 0.285 e. The van der Waals surface area contributed by atoms with E-state index in [2.05, 4.69) is 15.8 Å². The van der Waals surface area contributed by atoms with Crippen LogP contribution in [0.1, 0.15) is 6.42 Å². The van der Waals surface area contributed by atoms with Crippen molar-refractivity contribution >= 4 is 11.7 Å². The minimum Gasteiger partial charge on any atom is -0.285 e. The van der Waals surface area contributed by atoms with Crippen LogP contribution >= 0.6 is 0 Å². The number of nitrogens with one attached hydrogen (secondary N) is 2. The first kappa shape index (κ1) is 5.08. The van der Waals surface area contributed by atoms with Crippen LogP contribution in [-0.2, 0) is 4.79 Å². The van der Waals surface area contributed by atoms with Gasteiger partial charge in [-0.05, 0) is 0 Å². The average Bonchev–Trinajstić information content (AvgIpc) is 2.14. The molecule has 4 nitrogen and oxygen atoms in total. The van der Waals surface area contributed by atoms with Gasteiger partial charge in [0.05, 0.1) is 6.42 Å². The van der Waals surface area contributed by atoms with Gasteiger partial charge in [0.1, 0.15) is 5.84 Å². The molecule has 1 rings (SSSR count). The third kappa shape index (κ3) is 0.776. The number of amides is 1. The van der Waals surface area contributed by atoms with Gasteiger partial charge in [0.15, 0.2) is 0 Å². The first-order valence-corrected chi connectivity index (χ1v) is 2.33. The highest BCUT2D eigenvalue weighted by Crippen LogP contribution is 1.86. The maximum Gasteiger partial charge on any atom is 0.245 e. The van der Waals surface area contributed by atoms with Crippen molar-refractivity contribution in [3.8, 4) is 0 Å². The standard InChI is InChI=1S/C4H7N3O/c1-5-3-2-4(8)7-6-3/h2H2,1H3,(H,5,6)(H,7,8). The molecule has 1 aliphatic heterocycles. The van der Waals surface area contributed by atoms with Crippen molar-refractivity contribution in [2.24, 2.45) is 4.99 Å². The minimum absolute atomic E-state index is 0.0226. The summed E-state index contributed by atoms with van der Waals surface area (Å²) < 4.78 is 0. The van der Waals surface area contributed by atoms with Crippen molar-refractivity contribution < 1.29 is 4.79 Å². The normalized spacial score (nSPS) is 23.1. The fraction of sp³-hybridized carbons (Fsp3) is 0.500. The summed E-state index contributed by atoms with van der Waals surface area (Å²) in [7, 11) is 1.64. The Morgan fingerprint density at radius 3 is 2.62 bits per heavy atom. The molecule has 1 heterocycles. The number of aliphatic imine (C=N–C) groups is 1. The van der Waals surface area contributed by atoms with Gasteiger partial charge in [0.25, 0.3) is 0 Å². The molecule has 0 atom stereocenters. The molecule has 0 aromatic heterocycles. The summed E-state index contributed by atoms with van der Waals surface area (Å²) in [6.45, 7) is 0. The van der Waals surface area contributed by atoms with Gasteiger partial charge in [0, 0.05) is 7.05 Å². The molecule has 0 radical (unpaired) electrons. The third-order valence-electron chi connectivity index (χ3n) is 0.944. The lowest BCUT2D eigenvalue weighted by Gasteiger charge is -1.89. The Balaban J connectivity index is 2.56. The molecule has 0 aromatic rings. The Kier molecular flexibility index (Phi) is 1.15. The maximum absolute atomic E-state index is 10.4. The minimum atomic E-state index is -0.0226. The van der Waals surface area contributed by atoms with Crippen molar-refractivity contribution in [1.29, 1.82) is 0 Å². The van der Waals surface area contributed by atoms with Gasteiger partial charge in [-0.1, -0.05) is 0 Å². The fourth-order valence-corrected chi connectivity index (χ4v) is 0.517. The zero-order valence-corrected chi connectivity index (χ0v) is 4.56. The first-order chi connectivity index (χ1) is 3.83. The van der Waals surface area contributed by atoms with E-state index < -0.39 is 0 Å². The van der Waals surface area contributed by atoms with Gasteiger partial charge < -0.3 is 0 Å². The van der Waals surface area contributed by atoms with E-state index in [0.717, 1.165) is 0 Å². The monoisotopic (exact) mass is 113 g/mol. The molecular weight excluding hydrogens is 106 g/mol. The average molecular weight is 113 g/mol. The van der Waals surface area contributed by atoms with Crippen LogP contribution in [0.2, 0.25) is 0 Å². The Labute approximate surface area is 47.0 Å². The second-order valence-electron chi connectivity index (χ2n) is 1.52. The van der Waals surface area contributed by atoms with E-state index in [1.807, 2.05) is 0 Å². The molecule has 0 aromatic carbocycles. The summed E-state index contributed by atoms with van der Waals surface area (Å²) in [6, 6.07) is 0. The Bertz CT molecular complexity index is 140. The van der Waals surface area contributed by atoms with Crippen molar-refractivity contribution in [2.75, 3.05) is 7.05 Å². The van der Waals surface area contributed by atoms with Crippen molar-refractivity contribution in [2.45, 2.75) is 6.42 Å². The van der Waals surface area contributed by atoms with E-state index in [1.165, 1.54) is 0 Å². The summed E-state index contributed by atoms with van der Waals surface area (Å²) >= 11 is 0. The smallest absolute Gasteiger partial charge is 0.245 e. The Morgan fingerprint density at radius 1 is 1.62 bits per heavy atom. The van der Waals surface area contributed by atoms with Gasteiger partial charge in [-0.15, -0.1) is 0 Å². The second-order valence-corrected chi connectivity index (χ2v) is 1.52. The molecule has 0 spiro atoms. The van der Waals surface area contributed by atoms with Crippen LogP contribution in [0.5, 0.6) is 0 Å². The molecular formula is C4H7N3O. The predicted molar refractivity (Wildman–Crippen MR) is 29.3 cm³/mol. The molecule has 0 aliphatic carbocycles. The summed E-state index contributed by atoms with van der Waals surface area (Å²) in [5, 5.41) is 0. The van der Waals surface area contributed by atoms with Crippen molar-refractivity contribution in [3.05, 3.63) is 0 Å². The summed E-state index contributed by atoms with van der Waals surface area (Å²) in [5.41, 5.74) is 5.01. The van der Waals surface area contributed by atoms with Crippen LogP contribution in [0.25, 0.3) is 0 Å². The fourth-order valence-electron chi connectivity index (χ4n) is 0.517. The van der Waals surface area contributed by atoms with E-state index in [-0.39, 0.29) is 5.91 Å². The van der Waals surface area contributed by atoms with Crippen LogP contribution in [-0.4, -0.2) is 18.8 Å². The van der Waals surface area contributed by atoms with E-state index >= 15 is 0 Å². The first-order valence-electron chi connectivity index (χ1n) is 2.33. The SMILES string of the molecule is CN=C1CC(=O)NN1. The number of amidine groups is 1. The maximum atomic E-state index is 10.4. The summed E-state index contributed by atoms with van der Waals surface area (Å²) in [4.78, 5) is 14.1. The van der Waals surface area contributed by atoms with Gasteiger partial charge >= 0.3 is 0 Å². The molecule has 0 saturated carbocycles. The topological polar surface area (TPSA) is 53.5 Å². The van der Waals surface area contributed by atoms with E-state index in [4.69, 9.17) is 0 Å². The molecule has 4 heteroatoms. The van der Waals surface area contributed by atoms with Crippen molar-refractivity contribution in [1.82, 2.24) is 10.9 Å². The number of hydrogen-bond acceptors (Lipinski definition) is 2. The van der Waals surface area contributed by atoms with Crippen LogP contribution in [0.15, 0.2) is 4.99 Å².